The van der Waals surface area contributed by atoms with Crippen molar-refractivity contribution >= 4 is 27.6 Å². The van der Waals surface area contributed by atoms with Gasteiger partial charge < -0.3 is 10.1 Å². The highest BCUT2D eigenvalue weighted by Gasteiger charge is 2.05. The van der Waals surface area contributed by atoms with Gasteiger partial charge in [0.1, 0.15) is 0 Å². The van der Waals surface area contributed by atoms with Crippen LogP contribution in [-0.2, 0) is 0 Å². The zero-order valence-corrected chi connectivity index (χ0v) is 11.2. The zero-order valence-electron chi connectivity index (χ0n) is 9.64. The maximum atomic E-state index is 5.34. The van der Waals surface area contributed by atoms with E-state index >= 15 is 0 Å². The maximum absolute atomic E-state index is 5.34. The molecule has 18 heavy (non-hydrogen) atoms. The van der Waals surface area contributed by atoms with Gasteiger partial charge in [-0.2, -0.15) is 4.98 Å². The topological polar surface area (TPSA) is 47.0 Å². The molecule has 1 heterocycles. The summed E-state index contributed by atoms with van der Waals surface area (Å²) >= 11 is 3.29. The molecule has 90 valence electrons. The van der Waals surface area contributed by atoms with E-state index in [4.69, 9.17) is 11.2 Å². The molecule has 1 aromatic carbocycles. The number of hydrogen-bond acceptors (Lipinski definition) is 4. The second kappa shape index (κ2) is 5.52. The molecule has 0 aliphatic heterocycles. The second-order valence-corrected chi connectivity index (χ2v) is 4.26. The van der Waals surface area contributed by atoms with Gasteiger partial charge in [-0.1, -0.05) is 12.0 Å². The summed E-state index contributed by atoms with van der Waals surface area (Å²) in [7, 11) is 1.55. The number of benzene rings is 1. The Bertz CT molecular complexity index is 607. The molecule has 1 aromatic heterocycles. The van der Waals surface area contributed by atoms with E-state index in [9.17, 15) is 0 Å². The van der Waals surface area contributed by atoms with Crippen molar-refractivity contribution < 1.29 is 4.74 Å². The Morgan fingerprint density at radius 2 is 2.28 bits per heavy atom. The van der Waals surface area contributed by atoms with E-state index in [1.807, 2.05) is 24.3 Å². The third-order valence-corrected chi connectivity index (χ3v) is 2.73. The average molecular weight is 304 g/mol. The molecule has 2 aromatic rings. The number of rotatable bonds is 3. The lowest BCUT2D eigenvalue weighted by Gasteiger charge is -2.07. The molecule has 0 amide bonds. The van der Waals surface area contributed by atoms with Gasteiger partial charge in [-0.25, -0.2) is 4.98 Å². The Morgan fingerprint density at radius 3 is 3.00 bits per heavy atom. The maximum Gasteiger partial charge on any atom is 0.232 e. The van der Waals surface area contributed by atoms with Gasteiger partial charge in [-0.05, 0) is 34.1 Å². The largest absolute Gasteiger partial charge is 0.480 e. The average Bonchev–Trinajstić information content (AvgIpc) is 2.41. The summed E-state index contributed by atoms with van der Waals surface area (Å²) in [5, 5.41) is 3.06. The molecule has 0 aliphatic rings. The number of halogens is 1. The summed E-state index contributed by atoms with van der Waals surface area (Å²) in [5.41, 5.74) is 1.62. The number of terminal acetylenes is 1. The van der Waals surface area contributed by atoms with Crippen LogP contribution in [0.4, 0.5) is 11.6 Å². The highest BCUT2D eigenvalue weighted by Crippen LogP contribution is 2.23. The number of hydrogen-bond donors (Lipinski definition) is 1. The minimum Gasteiger partial charge on any atom is -0.480 e. The summed E-state index contributed by atoms with van der Waals surface area (Å²) in [6.07, 6.45) is 6.97. The molecule has 0 atom stereocenters. The van der Waals surface area contributed by atoms with E-state index in [1.54, 1.807) is 13.3 Å². The van der Waals surface area contributed by atoms with E-state index in [1.165, 1.54) is 0 Å². The molecule has 0 spiro atoms. The summed E-state index contributed by atoms with van der Waals surface area (Å²) in [6, 6.07) is 7.46. The van der Waals surface area contributed by atoms with Crippen molar-refractivity contribution in [2.45, 2.75) is 0 Å². The van der Waals surface area contributed by atoms with E-state index in [-0.39, 0.29) is 0 Å². The monoisotopic (exact) mass is 303 g/mol. The SMILES string of the molecule is C#Cc1cccc(Nc2ncc(Br)c(OC)n2)c1. The third-order valence-electron chi connectivity index (χ3n) is 2.19. The molecule has 0 saturated heterocycles. The molecule has 0 aliphatic carbocycles. The number of aromatic nitrogens is 2. The molecule has 0 saturated carbocycles. The Hall–Kier alpha value is -2.06. The summed E-state index contributed by atoms with van der Waals surface area (Å²) in [5.74, 6) is 3.49. The van der Waals surface area contributed by atoms with Gasteiger partial charge in [-0.3, -0.25) is 0 Å². The first-order valence-corrected chi connectivity index (χ1v) is 5.92. The Balaban J connectivity index is 2.26. The molecule has 0 unspecified atom stereocenters. The van der Waals surface area contributed by atoms with Gasteiger partial charge in [0.25, 0.3) is 0 Å². The van der Waals surface area contributed by atoms with Crippen LogP contribution >= 0.6 is 15.9 Å². The van der Waals surface area contributed by atoms with Crippen LogP contribution in [-0.4, -0.2) is 17.1 Å². The molecule has 0 bridgehead atoms. The molecular weight excluding hydrogens is 294 g/mol. The molecular formula is C13H10BrN3O. The van der Waals surface area contributed by atoms with Crippen LogP contribution in [0.2, 0.25) is 0 Å². The van der Waals surface area contributed by atoms with Crippen LogP contribution in [0.25, 0.3) is 0 Å². The lowest BCUT2D eigenvalue weighted by atomic mass is 10.2. The van der Waals surface area contributed by atoms with Crippen LogP contribution in [0.5, 0.6) is 5.88 Å². The van der Waals surface area contributed by atoms with Crippen LogP contribution in [0.1, 0.15) is 5.56 Å². The Morgan fingerprint density at radius 1 is 1.44 bits per heavy atom. The van der Waals surface area contributed by atoms with Crippen molar-refractivity contribution in [1.29, 1.82) is 0 Å². The first-order chi connectivity index (χ1) is 8.72. The van der Waals surface area contributed by atoms with Crippen molar-refractivity contribution in [2.75, 3.05) is 12.4 Å². The smallest absolute Gasteiger partial charge is 0.232 e. The van der Waals surface area contributed by atoms with Gasteiger partial charge in [-0.15, -0.1) is 6.42 Å². The minimum atomic E-state index is 0.448. The number of ether oxygens (including phenoxy) is 1. The summed E-state index contributed by atoms with van der Waals surface area (Å²) in [6.45, 7) is 0. The molecule has 2 rings (SSSR count). The quantitative estimate of drug-likeness (QED) is 0.886. The van der Waals surface area contributed by atoms with Crippen molar-refractivity contribution in [1.82, 2.24) is 9.97 Å². The normalized spacial score (nSPS) is 9.61. The predicted octanol–water partition coefficient (Wildman–Crippen LogP) is 2.97. The van der Waals surface area contributed by atoms with E-state index in [2.05, 4.69) is 37.1 Å². The van der Waals surface area contributed by atoms with Crippen LogP contribution < -0.4 is 10.1 Å². The number of anilines is 2. The highest BCUT2D eigenvalue weighted by atomic mass is 79.9. The van der Waals surface area contributed by atoms with E-state index in [0.717, 1.165) is 11.3 Å². The number of nitrogens with zero attached hydrogens (tertiary/aromatic N) is 2. The first-order valence-electron chi connectivity index (χ1n) is 5.13. The van der Waals surface area contributed by atoms with Gasteiger partial charge in [0.05, 0.1) is 17.8 Å². The van der Waals surface area contributed by atoms with Crippen LogP contribution in [0.15, 0.2) is 34.9 Å². The molecule has 4 nitrogen and oxygen atoms in total. The van der Waals surface area contributed by atoms with Crippen molar-refractivity contribution in [3.63, 3.8) is 0 Å². The molecule has 1 N–H and O–H groups in total. The van der Waals surface area contributed by atoms with Gasteiger partial charge in [0.15, 0.2) is 0 Å². The lowest BCUT2D eigenvalue weighted by Crippen LogP contribution is -1.99. The fraction of sp³-hybridized carbons (Fsp3) is 0.0769. The molecule has 0 radical (unpaired) electrons. The predicted molar refractivity (Wildman–Crippen MR) is 73.9 cm³/mol. The van der Waals surface area contributed by atoms with Gasteiger partial charge >= 0.3 is 0 Å². The van der Waals surface area contributed by atoms with Crippen molar-refractivity contribution in [3.8, 4) is 18.2 Å². The number of methoxy groups -OCH3 is 1. The zero-order chi connectivity index (χ0) is 13.0. The minimum absolute atomic E-state index is 0.448. The Kier molecular flexibility index (Phi) is 3.80. The number of nitrogens with one attached hydrogen (secondary N) is 1. The third kappa shape index (κ3) is 2.79. The van der Waals surface area contributed by atoms with Crippen molar-refractivity contribution in [3.05, 3.63) is 40.5 Å². The lowest BCUT2D eigenvalue weighted by molar-refractivity contribution is 0.394. The Labute approximate surface area is 114 Å². The highest BCUT2D eigenvalue weighted by molar-refractivity contribution is 9.10. The summed E-state index contributed by atoms with van der Waals surface area (Å²) < 4.78 is 5.80. The van der Waals surface area contributed by atoms with Crippen LogP contribution in [0.3, 0.4) is 0 Å². The fourth-order valence-corrected chi connectivity index (χ4v) is 1.72. The van der Waals surface area contributed by atoms with Crippen molar-refractivity contribution in [2.24, 2.45) is 0 Å². The van der Waals surface area contributed by atoms with E-state index in [0.29, 0.717) is 16.3 Å². The first kappa shape index (κ1) is 12.4. The second-order valence-electron chi connectivity index (χ2n) is 3.40. The molecule has 5 heteroatoms. The summed E-state index contributed by atoms with van der Waals surface area (Å²) in [4.78, 5) is 8.34. The van der Waals surface area contributed by atoms with Gasteiger partial charge in [0.2, 0.25) is 11.8 Å². The van der Waals surface area contributed by atoms with E-state index < -0.39 is 0 Å². The van der Waals surface area contributed by atoms with Crippen LogP contribution in [0, 0.1) is 12.3 Å². The molecule has 0 fully saturated rings. The fourth-order valence-electron chi connectivity index (χ4n) is 1.37. The standard InChI is InChI=1S/C13H10BrN3O/c1-3-9-5-4-6-10(7-9)16-13-15-8-11(14)12(17-13)18-2/h1,4-8H,2H3,(H,15,16,17). The van der Waals surface area contributed by atoms with Gasteiger partial charge in [0, 0.05) is 11.3 Å².